The number of likely N-dealkylation sites (N-methyl/N-ethyl adjacent to an activating group) is 1. The third kappa shape index (κ3) is 2.71. The Morgan fingerprint density at radius 1 is 1.39 bits per heavy atom. The maximum Gasteiger partial charge on any atom is 0.134 e. The Hall–Kier alpha value is -1.39. The number of hydrogen-bond acceptors (Lipinski definition) is 3. The highest BCUT2D eigenvalue weighted by molar-refractivity contribution is 5.77. The molecule has 18 heavy (non-hydrogen) atoms. The molecule has 0 aliphatic heterocycles. The molecule has 0 radical (unpaired) electrons. The predicted octanol–water partition coefficient (Wildman–Crippen LogP) is 2.80. The molecule has 2 unspecified atom stereocenters. The van der Waals surface area contributed by atoms with Crippen LogP contribution in [0.15, 0.2) is 34.9 Å². The summed E-state index contributed by atoms with van der Waals surface area (Å²) < 4.78 is 17.8. The minimum atomic E-state index is -0.727. The molecule has 2 atom stereocenters. The summed E-state index contributed by atoms with van der Waals surface area (Å²) in [4.78, 5) is 0. The monoisotopic (exact) mass is 251 g/mol. The van der Waals surface area contributed by atoms with Crippen LogP contribution in [-0.2, 0) is 0 Å². The molecule has 2 N–H and O–H groups in total. The van der Waals surface area contributed by atoms with E-state index in [-0.39, 0.29) is 6.04 Å². The molecule has 98 valence electrons. The van der Waals surface area contributed by atoms with Crippen molar-refractivity contribution in [2.24, 2.45) is 0 Å². The van der Waals surface area contributed by atoms with E-state index in [1.54, 1.807) is 6.26 Å². The Morgan fingerprint density at radius 2 is 2.22 bits per heavy atom. The Kier molecular flexibility index (Phi) is 4.33. The lowest BCUT2D eigenvalue weighted by Crippen LogP contribution is -2.35. The largest absolute Gasteiger partial charge is 0.464 e. The van der Waals surface area contributed by atoms with Gasteiger partial charge in [-0.1, -0.05) is 19.1 Å². The van der Waals surface area contributed by atoms with Gasteiger partial charge in [0.05, 0.1) is 19.0 Å². The van der Waals surface area contributed by atoms with Crippen LogP contribution in [0.4, 0.5) is 4.39 Å². The van der Waals surface area contributed by atoms with Gasteiger partial charge in [-0.05, 0) is 30.7 Å². The van der Waals surface area contributed by atoms with E-state index in [4.69, 9.17) is 4.42 Å². The average molecular weight is 251 g/mol. The summed E-state index contributed by atoms with van der Waals surface area (Å²) in [6.07, 6.45) is 1.19. The topological polar surface area (TPSA) is 45.4 Å². The predicted molar refractivity (Wildman–Crippen MR) is 69.2 cm³/mol. The van der Waals surface area contributed by atoms with Crippen molar-refractivity contribution in [2.45, 2.75) is 25.5 Å². The normalized spacial score (nSPS) is 14.8. The summed E-state index contributed by atoms with van der Waals surface area (Å²) >= 11 is 0. The molecule has 4 heteroatoms. The number of aliphatic hydroxyl groups excluding tert-OH is 1. The van der Waals surface area contributed by atoms with E-state index in [1.165, 1.54) is 0 Å². The third-order valence-corrected chi connectivity index (χ3v) is 3.09. The fourth-order valence-corrected chi connectivity index (χ4v) is 2.14. The zero-order chi connectivity index (χ0) is 13.0. The van der Waals surface area contributed by atoms with E-state index in [0.717, 1.165) is 16.5 Å². The van der Waals surface area contributed by atoms with E-state index in [2.05, 4.69) is 5.32 Å². The summed E-state index contributed by atoms with van der Waals surface area (Å²) in [7, 11) is 0. The van der Waals surface area contributed by atoms with Crippen LogP contribution < -0.4 is 5.32 Å². The Morgan fingerprint density at radius 3 is 2.94 bits per heavy atom. The standard InChI is InChI=1S/C14H18FNO2/c1-2-16-12(5-7-15)14(17)11-4-3-10-6-8-18-13(10)9-11/h3-4,6,8-9,12,14,16-17H,2,5,7H2,1H3. The Labute approximate surface area is 106 Å². The molecule has 3 nitrogen and oxygen atoms in total. The van der Waals surface area contributed by atoms with E-state index in [1.807, 2.05) is 31.2 Å². The first-order chi connectivity index (χ1) is 8.76. The number of furan rings is 1. The number of benzene rings is 1. The molecule has 0 bridgehead atoms. The van der Waals surface area contributed by atoms with E-state index in [9.17, 15) is 9.50 Å². The van der Waals surface area contributed by atoms with Gasteiger partial charge < -0.3 is 14.8 Å². The molecule has 2 aromatic rings. The molecule has 0 fully saturated rings. The van der Waals surface area contributed by atoms with Crippen LogP contribution >= 0.6 is 0 Å². The lowest BCUT2D eigenvalue weighted by atomic mass is 9.99. The minimum absolute atomic E-state index is 0.271. The van der Waals surface area contributed by atoms with Crippen molar-refractivity contribution in [1.82, 2.24) is 5.32 Å². The number of hydrogen-bond donors (Lipinski definition) is 2. The van der Waals surface area contributed by atoms with Crippen LogP contribution in [0.2, 0.25) is 0 Å². The van der Waals surface area contributed by atoms with Crippen molar-refractivity contribution >= 4 is 11.0 Å². The summed E-state index contributed by atoms with van der Waals surface area (Å²) in [6.45, 7) is 2.19. The second-order valence-electron chi connectivity index (χ2n) is 4.30. The van der Waals surface area contributed by atoms with Crippen molar-refractivity contribution in [3.63, 3.8) is 0 Å². The average Bonchev–Trinajstić information content (AvgIpc) is 2.84. The third-order valence-electron chi connectivity index (χ3n) is 3.09. The van der Waals surface area contributed by atoms with E-state index >= 15 is 0 Å². The van der Waals surface area contributed by atoms with E-state index in [0.29, 0.717) is 13.0 Å². The number of nitrogens with one attached hydrogen (secondary N) is 1. The first kappa shape index (κ1) is 13.1. The van der Waals surface area contributed by atoms with Gasteiger partial charge in [0.15, 0.2) is 0 Å². The number of fused-ring (bicyclic) bond motifs is 1. The summed E-state index contributed by atoms with van der Waals surface area (Å²) in [5.41, 5.74) is 1.49. The Bertz CT molecular complexity index is 491. The zero-order valence-corrected chi connectivity index (χ0v) is 10.4. The highest BCUT2D eigenvalue weighted by Gasteiger charge is 2.20. The van der Waals surface area contributed by atoms with Gasteiger partial charge in [0.2, 0.25) is 0 Å². The molecule has 1 aromatic heterocycles. The first-order valence-corrected chi connectivity index (χ1v) is 6.20. The van der Waals surface area contributed by atoms with Gasteiger partial charge in [-0.25, -0.2) is 0 Å². The molecular weight excluding hydrogens is 233 g/mol. The van der Waals surface area contributed by atoms with Crippen LogP contribution in [0.3, 0.4) is 0 Å². The van der Waals surface area contributed by atoms with Crippen LogP contribution in [0.1, 0.15) is 25.0 Å². The van der Waals surface area contributed by atoms with Gasteiger partial charge in [-0.2, -0.15) is 0 Å². The molecule has 0 saturated heterocycles. The minimum Gasteiger partial charge on any atom is -0.464 e. The molecule has 0 spiro atoms. The van der Waals surface area contributed by atoms with Crippen LogP contribution in [0.25, 0.3) is 11.0 Å². The van der Waals surface area contributed by atoms with Gasteiger partial charge in [0, 0.05) is 11.4 Å². The number of rotatable bonds is 6. The van der Waals surface area contributed by atoms with E-state index < -0.39 is 12.8 Å². The van der Waals surface area contributed by atoms with Crippen molar-refractivity contribution < 1.29 is 13.9 Å². The molecule has 2 rings (SSSR count). The van der Waals surface area contributed by atoms with Crippen molar-refractivity contribution in [3.05, 3.63) is 36.1 Å². The quantitative estimate of drug-likeness (QED) is 0.829. The van der Waals surface area contributed by atoms with Gasteiger partial charge in [0.1, 0.15) is 5.58 Å². The maximum absolute atomic E-state index is 12.5. The molecule has 1 heterocycles. The lowest BCUT2D eigenvalue weighted by Gasteiger charge is -2.23. The SMILES string of the molecule is CCNC(CCF)C(O)c1ccc2ccoc2c1. The highest BCUT2D eigenvalue weighted by Crippen LogP contribution is 2.24. The van der Waals surface area contributed by atoms with Crippen molar-refractivity contribution in [3.8, 4) is 0 Å². The van der Waals surface area contributed by atoms with Crippen LogP contribution in [-0.4, -0.2) is 24.4 Å². The van der Waals surface area contributed by atoms with Crippen LogP contribution in [0, 0.1) is 0 Å². The van der Waals surface area contributed by atoms with Gasteiger partial charge in [0.25, 0.3) is 0 Å². The Balaban J connectivity index is 2.21. The number of halogens is 1. The second-order valence-corrected chi connectivity index (χ2v) is 4.30. The smallest absolute Gasteiger partial charge is 0.134 e. The number of aliphatic hydroxyl groups is 1. The molecule has 0 aliphatic rings. The highest BCUT2D eigenvalue weighted by atomic mass is 19.1. The lowest BCUT2D eigenvalue weighted by molar-refractivity contribution is 0.120. The number of alkyl halides is 1. The molecule has 0 aliphatic carbocycles. The molecule has 0 amide bonds. The summed E-state index contributed by atoms with van der Waals surface area (Å²) in [5.74, 6) is 0. The van der Waals surface area contributed by atoms with Gasteiger partial charge >= 0.3 is 0 Å². The molecular formula is C14H18FNO2. The first-order valence-electron chi connectivity index (χ1n) is 6.20. The summed E-state index contributed by atoms with van der Waals surface area (Å²) in [5, 5.41) is 14.4. The second kappa shape index (κ2) is 5.98. The van der Waals surface area contributed by atoms with Crippen molar-refractivity contribution in [2.75, 3.05) is 13.2 Å². The maximum atomic E-state index is 12.5. The molecule has 1 aromatic carbocycles. The summed E-state index contributed by atoms with van der Waals surface area (Å²) in [6, 6.07) is 7.16. The van der Waals surface area contributed by atoms with Crippen molar-refractivity contribution in [1.29, 1.82) is 0 Å². The fraction of sp³-hybridized carbons (Fsp3) is 0.429. The van der Waals surface area contributed by atoms with Gasteiger partial charge in [-0.3, -0.25) is 4.39 Å². The van der Waals surface area contributed by atoms with Crippen LogP contribution in [0.5, 0.6) is 0 Å². The zero-order valence-electron chi connectivity index (χ0n) is 10.4. The fourth-order valence-electron chi connectivity index (χ4n) is 2.14. The molecule has 0 saturated carbocycles. The van der Waals surface area contributed by atoms with Gasteiger partial charge in [-0.15, -0.1) is 0 Å².